The molecule has 106 valence electrons. The van der Waals surface area contributed by atoms with E-state index in [2.05, 4.69) is 36.3 Å². The number of nitrogens with zero attached hydrogens (tertiary/aromatic N) is 2. The zero-order chi connectivity index (χ0) is 14.2. The first-order chi connectivity index (χ1) is 9.51. The Bertz CT molecular complexity index is 616. The van der Waals surface area contributed by atoms with E-state index in [0.717, 1.165) is 11.3 Å². The van der Waals surface area contributed by atoms with E-state index in [-0.39, 0.29) is 12.3 Å². The zero-order valence-electron chi connectivity index (χ0n) is 11.8. The molecule has 6 nitrogen and oxygen atoms in total. The number of hydrogen-bond acceptors (Lipinski definition) is 6. The van der Waals surface area contributed by atoms with Crippen molar-refractivity contribution >= 4 is 0 Å². The number of nitrogens with one attached hydrogen (secondary N) is 1. The van der Waals surface area contributed by atoms with Crippen LogP contribution >= 0.6 is 0 Å². The second kappa shape index (κ2) is 4.79. The van der Waals surface area contributed by atoms with Gasteiger partial charge in [-0.15, -0.1) is 10.2 Å². The van der Waals surface area contributed by atoms with Gasteiger partial charge in [0.25, 0.3) is 0 Å². The summed E-state index contributed by atoms with van der Waals surface area (Å²) in [6, 6.07) is 5.56. The second-order valence-electron chi connectivity index (χ2n) is 5.67. The molecule has 6 heteroatoms. The van der Waals surface area contributed by atoms with Gasteiger partial charge in [-0.05, 0) is 39.0 Å². The van der Waals surface area contributed by atoms with Crippen molar-refractivity contribution in [3.05, 3.63) is 24.1 Å². The molecule has 2 aromatic rings. The van der Waals surface area contributed by atoms with Crippen molar-refractivity contribution in [2.24, 2.45) is 0 Å². The first-order valence-electron chi connectivity index (χ1n) is 6.49. The maximum absolute atomic E-state index is 5.64. The first-order valence-corrected chi connectivity index (χ1v) is 6.49. The summed E-state index contributed by atoms with van der Waals surface area (Å²) in [6.45, 7) is 7.05. The van der Waals surface area contributed by atoms with Crippen LogP contribution in [0.2, 0.25) is 0 Å². The summed E-state index contributed by atoms with van der Waals surface area (Å²) in [5.41, 5.74) is 0.830. The van der Waals surface area contributed by atoms with Gasteiger partial charge in [-0.3, -0.25) is 0 Å². The molecule has 0 unspecified atom stereocenters. The lowest BCUT2D eigenvalue weighted by Gasteiger charge is -2.18. The standard InChI is InChI=1S/C14H17N3O3/c1-14(2,3)15-7-12-16-17-13(20-12)9-4-5-10-11(6-9)19-8-18-10/h4-6,15H,7-8H2,1-3H3. The lowest BCUT2D eigenvalue weighted by atomic mass is 10.1. The Morgan fingerprint density at radius 3 is 2.75 bits per heavy atom. The van der Waals surface area contributed by atoms with Crippen LogP contribution in [0.25, 0.3) is 11.5 Å². The molecule has 1 aromatic heterocycles. The van der Waals surface area contributed by atoms with Crippen molar-refractivity contribution in [2.75, 3.05) is 6.79 Å². The molecule has 0 fully saturated rings. The monoisotopic (exact) mass is 275 g/mol. The highest BCUT2D eigenvalue weighted by Gasteiger charge is 2.17. The molecule has 0 atom stereocenters. The number of benzene rings is 1. The highest BCUT2D eigenvalue weighted by Crippen LogP contribution is 2.35. The van der Waals surface area contributed by atoms with Crippen LogP contribution < -0.4 is 14.8 Å². The predicted octanol–water partition coefficient (Wildman–Crippen LogP) is 2.35. The van der Waals surface area contributed by atoms with Crippen molar-refractivity contribution in [1.82, 2.24) is 15.5 Å². The Kier molecular flexibility index (Phi) is 3.10. The molecule has 20 heavy (non-hydrogen) atoms. The summed E-state index contributed by atoms with van der Waals surface area (Å²) >= 11 is 0. The molecule has 1 aliphatic heterocycles. The Morgan fingerprint density at radius 2 is 1.95 bits per heavy atom. The molecule has 1 aliphatic rings. The van der Waals surface area contributed by atoms with Gasteiger partial charge in [0.15, 0.2) is 11.5 Å². The summed E-state index contributed by atoms with van der Waals surface area (Å²) in [6.07, 6.45) is 0. The summed E-state index contributed by atoms with van der Waals surface area (Å²) < 4.78 is 16.3. The van der Waals surface area contributed by atoms with E-state index in [1.807, 2.05) is 18.2 Å². The Morgan fingerprint density at radius 1 is 1.15 bits per heavy atom. The van der Waals surface area contributed by atoms with E-state index in [9.17, 15) is 0 Å². The highest BCUT2D eigenvalue weighted by molar-refractivity contribution is 5.60. The minimum atomic E-state index is 0.00732. The van der Waals surface area contributed by atoms with Crippen molar-refractivity contribution in [3.63, 3.8) is 0 Å². The van der Waals surface area contributed by atoms with Crippen molar-refractivity contribution in [1.29, 1.82) is 0 Å². The maximum atomic E-state index is 5.64. The van der Waals surface area contributed by atoms with E-state index < -0.39 is 0 Å². The number of ether oxygens (including phenoxy) is 2. The number of aromatic nitrogens is 2. The summed E-state index contributed by atoms with van der Waals surface area (Å²) in [7, 11) is 0. The summed E-state index contributed by atoms with van der Waals surface area (Å²) in [4.78, 5) is 0. The van der Waals surface area contributed by atoms with Gasteiger partial charge in [0.1, 0.15) is 0 Å². The quantitative estimate of drug-likeness (QED) is 0.927. The van der Waals surface area contributed by atoms with Gasteiger partial charge in [0, 0.05) is 11.1 Å². The fraction of sp³-hybridized carbons (Fsp3) is 0.429. The molecule has 3 rings (SSSR count). The molecule has 0 saturated heterocycles. The molecule has 1 aromatic carbocycles. The number of hydrogen-bond donors (Lipinski definition) is 1. The zero-order valence-corrected chi connectivity index (χ0v) is 11.8. The molecule has 0 spiro atoms. The highest BCUT2D eigenvalue weighted by atomic mass is 16.7. The third-order valence-corrected chi connectivity index (χ3v) is 2.86. The molecule has 2 heterocycles. The normalized spacial score (nSPS) is 13.8. The smallest absolute Gasteiger partial charge is 0.247 e. The van der Waals surface area contributed by atoms with Gasteiger partial charge >= 0.3 is 0 Å². The van der Waals surface area contributed by atoms with Crippen LogP contribution in [0.5, 0.6) is 11.5 Å². The van der Waals surface area contributed by atoms with Crippen LogP contribution in [0.15, 0.2) is 22.6 Å². The van der Waals surface area contributed by atoms with Gasteiger partial charge in [0.05, 0.1) is 6.54 Å². The van der Waals surface area contributed by atoms with Gasteiger partial charge in [0.2, 0.25) is 18.6 Å². The van der Waals surface area contributed by atoms with E-state index >= 15 is 0 Å². The first kappa shape index (κ1) is 12.9. The molecule has 0 amide bonds. The van der Waals surface area contributed by atoms with E-state index in [1.54, 1.807) is 0 Å². The van der Waals surface area contributed by atoms with Crippen LogP contribution in [-0.4, -0.2) is 22.5 Å². The lowest BCUT2D eigenvalue weighted by Crippen LogP contribution is -2.35. The molecular formula is C14H17N3O3. The van der Waals surface area contributed by atoms with Crippen LogP contribution in [0.3, 0.4) is 0 Å². The summed E-state index contributed by atoms with van der Waals surface area (Å²) in [5, 5.41) is 11.4. The average Bonchev–Trinajstić information content (AvgIpc) is 3.03. The van der Waals surface area contributed by atoms with Crippen molar-refractivity contribution < 1.29 is 13.9 Å². The van der Waals surface area contributed by atoms with Gasteiger partial charge in [-0.2, -0.15) is 0 Å². The van der Waals surface area contributed by atoms with Crippen molar-refractivity contribution in [2.45, 2.75) is 32.9 Å². The SMILES string of the molecule is CC(C)(C)NCc1nnc(-c2ccc3c(c2)OCO3)o1. The molecule has 0 aliphatic carbocycles. The van der Waals surface area contributed by atoms with E-state index in [0.29, 0.717) is 24.1 Å². The fourth-order valence-corrected chi connectivity index (χ4v) is 1.81. The third kappa shape index (κ3) is 2.75. The Labute approximate surface area is 117 Å². The second-order valence-corrected chi connectivity index (χ2v) is 5.67. The molecule has 0 saturated carbocycles. The number of fused-ring (bicyclic) bond motifs is 1. The molecule has 1 N–H and O–H groups in total. The third-order valence-electron chi connectivity index (χ3n) is 2.86. The predicted molar refractivity (Wildman–Crippen MR) is 72.4 cm³/mol. The maximum Gasteiger partial charge on any atom is 0.247 e. The fourth-order valence-electron chi connectivity index (χ4n) is 1.81. The van der Waals surface area contributed by atoms with E-state index in [1.165, 1.54) is 0 Å². The van der Waals surface area contributed by atoms with Crippen LogP contribution in [0.1, 0.15) is 26.7 Å². The van der Waals surface area contributed by atoms with Gasteiger partial charge in [-0.1, -0.05) is 0 Å². The lowest BCUT2D eigenvalue weighted by molar-refractivity contribution is 0.174. The Balaban J connectivity index is 1.76. The van der Waals surface area contributed by atoms with Crippen LogP contribution in [-0.2, 0) is 6.54 Å². The van der Waals surface area contributed by atoms with Gasteiger partial charge in [-0.25, -0.2) is 0 Å². The van der Waals surface area contributed by atoms with Gasteiger partial charge < -0.3 is 19.2 Å². The minimum Gasteiger partial charge on any atom is -0.454 e. The summed E-state index contributed by atoms with van der Waals surface area (Å²) in [5.74, 6) is 2.49. The molecule has 0 bridgehead atoms. The molecular weight excluding hydrogens is 258 g/mol. The minimum absolute atomic E-state index is 0.00732. The van der Waals surface area contributed by atoms with E-state index in [4.69, 9.17) is 13.9 Å². The topological polar surface area (TPSA) is 69.4 Å². The average molecular weight is 275 g/mol. The largest absolute Gasteiger partial charge is 0.454 e. The van der Waals surface area contributed by atoms with Crippen molar-refractivity contribution in [3.8, 4) is 23.0 Å². The molecule has 0 radical (unpaired) electrons. The Hall–Kier alpha value is -2.08. The van der Waals surface area contributed by atoms with Crippen LogP contribution in [0, 0.1) is 0 Å². The van der Waals surface area contributed by atoms with Crippen LogP contribution in [0.4, 0.5) is 0 Å². The number of rotatable bonds is 3.